The van der Waals surface area contributed by atoms with E-state index < -0.39 is 31.0 Å². The Hall–Kier alpha value is -0.460. The summed E-state index contributed by atoms with van der Waals surface area (Å²) in [6.45, 7) is 2.53. The Morgan fingerprint density at radius 2 is 1.56 bits per heavy atom. The average molecular weight is 387 g/mol. The Balaban J connectivity index is 1.93. The lowest BCUT2D eigenvalue weighted by molar-refractivity contribution is -0.0935. The first-order valence-corrected chi connectivity index (χ1v) is 11.1. The lowest BCUT2D eigenvalue weighted by atomic mass is 10.1. The first-order valence-electron chi connectivity index (χ1n) is 11.1. The maximum Gasteiger partial charge on any atom is 0.114 e. The minimum absolute atomic E-state index is 0.144. The van der Waals surface area contributed by atoms with Crippen LogP contribution >= 0.6 is 0 Å². The van der Waals surface area contributed by atoms with Crippen molar-refractivity contribution in [2.75, 3.05) is 19.8 Å². The molecule has 0 radical (unpaired) electrons. The van der Waals surface area contributed by atoms with E-state index in [2.05, 4.69) is 19.1 Å². The van der Waals surface area contributed by atoms with Crippen molar-refractivity contribution in [1.29, 1.82) is 0 Å². The number of rotatable bonds is 17. The standard InChI is InChI=1S/C22H42O5/c1-2-3-4-5-6-7-8-9-10-11-12-13-14-15-16-26-22-20(25)18-27-21(22)19(24)17-23/h12-13,19-25H,2-11,14-18H2,1H3/b13-12+/t19-,20+,21+,22+/m0/s1. The molecule has 5 nitrogen and oxygen atoms in total. The van der Waals surface area contributed by atoms with Crippen LogP contribution in [0.4, 0.5) is 0 Å². The van der Waals surface area contributed by atoms with Gasteiger partial charge in [0.05, 0.1) is 13.2 Å². The van der Waals surface area contributed by atoms with Crippen LogP contribution in [0, 0.1) is 0 Å². The lowest BCUT2D eigenvalue weighted by Crippen LogP contribution is -2.42. The largest absolute Gasteiger partial charge is 0.394 e. The summed E-state index contributed by atoms with van der Waals surface area (Å²) in [6.07, 6.45) is 16.7. The van der Waals surface area contributed by atoms with Gasteiger partial charge in [0.1, 0.15) is 24.4 Å². The van der Waals surface area contributed by atoms with Crippen molar-refractivity contribution in [1.82, 2.24) is 0 Å². The van der Waals surface area contributed by atoms with Crippen LogP contribution in [-0.2, 0) is 9.47 Å². The summed E-state index contributed by atoms with van der Waals surface area (Å²) in [5.41, 5.74) is 0. The number of hydrogen-bond acceptors (Lipinski definition) is 5. The van der Waals surface area contributed by atoms with Crippen LogP contribution in [0.2, 0.25) is 0 Å². The van der Waals surface area contributed by atoms with Gasteiger partial charge in [-0.2, -0.15) is 0 Å². The number of aliphatic hydroxyl groups excluding tert-OH is 3. The number of hydrogen-bond donors (Lipinski definition) is 3. The third-order valence-electron chi connectivity index (χ3n) is 5.20. The summed E-state index contributed by atoms with van der Waals surface area (Å²) < 4.78 is 11.0. The van der Waals surface area contributed by atoms with Crippen molar-refractivity contribution in [3.8, 4) is 0 Å². The zero-order valence-electron chi connectivity index (χ0n) is 17.2. The van der Waals surface area contributed by atoms with Crippen molar-refractivity contribution in [3.63, 3.8) is 0 Å². The van der Waals surface area contributed by atoms with Gasteiger partial charge in [-0.15, -0.1) is 0 Å². The molecule has 27 heavy (non-hydrogen) atoms. The molecule has 4 atom stereocenters. The number of ether oxygens (including phenoxy) is 2. The Labute approximate surface area is 165 Å². The van der Waals surface area contributed by atoms with Crippen LogP contribution < -0.4 is 0 Å². The van der Waals surface area contributed by atoms with Gasteiger partial charge in [-0.1, -0.05) is 70.4 Å². The van der Waals surface area contributed by atoms with Crippen LogP contribution in [0.3, 0.4) is 0 Å². The highest BCUT2D eigenvalue weighted by molar-refractivity contribution is 4.89. The number of unbranched alkanes of at least 4 members (excludes halogenated alkanes) is 10. The molecule has 1 heterocycles. The van der Waals surface area contributed by atoms with Gasteiger partial charge in [0.2, 0.25) is 0 Å². The Morgan fingerprint density at radius 3 is 2.19 bits per heavy atom. The van der Waals surface area contributed by atoms with E-state index in [1.54, 1.807) is 0 Å². The normalized spacial score (nSPS) is 24.1. The molecule has 3 N–H and O–H groups in total. The second-order valence-corrected chi connectivity index (χ2v) is 7.68. The van der Waals surface area contributed by atoms with Gasteiger partial charge in [-0.05, 0) is 25.7 Å². The summed E-state index contributed by atoms with van der Waals surface area (Å²) in [7, 11) is 0. The molecule has 0 aliphatic carbocycles. The monoisotopic (exact) mass is 386 g/mol. The van der Waals surface area contributed by atoms with Gasteiger partial charge in [-0.3, -0.25) is 0 Å². The Morgan fingerprint density at radius 1 is 0.963 bits per heavy atom. The van der Waals surface area contributed by atoms with E-state index in [4.69, 9.17) is 14.6 Å². The molecule has 160 valence electrons. The second-order valence-electron chi connectivity index (χ2n) is 7.68. The van der Waals surface area contributed by atoms with E-state index >= 15 is 0 Å². The maximum absolute atomic E-state index is 9.86. The summed E-state index contributed by atoms with van der Waals surface area (Å²) in [4.78, 5) is 0. The number of allylic oxidation sites excluding steroid dienone is 2. The van der Waals surface area contributed by atoms with Gasteiger partial charge in [-0.25, -0.2) is 0 Å². The summed E-state index contributed by atoms with van der Waals surface area (Å²) >= 11 is 0. The minimum atomic E-state index is -1.01. The quantitative estimate of drug-likeness (QED) is 0.262. The summed E-state index contributed by atoms with van der Waals surface area (Å²) in [6, 6.07) is 0. The molecule has 0 amide bonds. The second kappa shape index (κ2) is 16.5. The van der Waals surface area contributed by atoms with Crippen molar-refractivity contribution < 1.29 is 24.8 Å². The third-order valence-corrected chi connectivity index (χ3v) is 5.20. The molecule has 1 fully saturated rings. The molecule has 0 aromatic carbocycles. The van der Waals surface area contributed by atoms with Crippen LogP contribution in [0.1, 0.15) is 84.0 Å². The predicted molar refractivity (Wildman–Crippen MR) is 109 cm³/mol. The third kappa shape index (κ3) is 11.2. The molecule has 0 saturated carbocycles. The number of aliphatic hydroxyl groups is 3. The highest BCUT2D eigenvalue weighted by Crippen LogP contribution is 2.21. The maximum atomic E-state index is 9.86. The molecule has 0 aromatic rings. The molecule has 0 unspecified atom stereocenters. The fraction of sp³-hybridized carbons (Fsp3) is 0.909. The Bertz CT molecular complexity index is 361. The first kappa shape index (κ1) is 24.6. The molecule has 1 saturated heterocycles. The summed E-state index contributed by atoms with van der Waals surface area (Å²) in [5.74, 6) is 0. The zero-order chi connectivity index (χ0) is 19.7. The highest BCUT2D eigenvalue weighted by Gasteiger charge is 2.40. The van der Waals surface area contributed by atoms with Crippen LogP contribution in [0.15, 0.2) is 12.2 Å². The molecule has 0 bridgehead atoms. The van der Waals surface area contributed by atoms with Crippen LogP contribution in [-0.4, -0.2) is 59.6 Å². The average Bonchev–Trinajstić information content (AvgIpc) is 3.04. The van der Waals surface area contributed by atoms with Gasteiger partial charge < -0.3 is 24.8 Å². The molecule has 1 aliphatic rings. The molecule has 0 spiro atoms. The summed E-state index contributed by atoms with van der Waals surface area (Å²) in [5, 5.41) is 28.6. The fourth-order valence-corrected chi connectivity index (χ4v) is 3.49. The Kier molecular flexibility index (Phi) is 15.0. The minimum Gasteiger partial charge on any atom is -0.394 e. The van der Waals surface area contributed by atoms with Gasteiger partial charge in [0.15, 0.2) is 0 Å². The lowest BCUT2D eigenvalue weighted by Gasteiger charge is -2.23. The topological polar surface area (TPSA) is 79.2 Å². The predicted octanol–water partition coefficient (Wildman–Crippen LogP) is 3.74. The highest BCUT2D eigenvalue weighted by atomic mass is 16.6. The van der Waals surface area contributed by atoms with E-state index in [1.807, 2.05) is 0 Å². The van der Waals surface area contributed by atoms with Crippen molar-refractivity contribution in [2.24, 2.45) is 0 Å². The van der Waals surface area contributed by atoms with Gasteiger partial charge in [0, 0.05) is 6.61 Å². The van der Waals surface area contributed by atoms with Gasteiger partial charge in [0.25, 0.3) is 0 Å². The van der Waals surface area contributed by atoms with Crippen LogP contribution in [0.25, 0.3) is 0 Å². The van der Waals surface area contributed by atoms with E-state index in [0.717, 1.165) is 19.3 Å². The van der Waals surface area contributed by atoms with E-state index in [0.29, 0.717) is 6.61 Å². The van der Waals surface area contributed by atoms with Crippen molar-refractivity contribution in [2.45, 2.75) is 108 Å². The van der Waals surface area contributed by atoms with Gasteiger partial charge >= 0.3 is 0 Å². The molecule has 0 aromatic heterocycles. The smallest absolute Gasteiger partial charge is 0.114 e. The molecule has 1 rings (SSSR count). The molecule has 1 aliphatic heterocycles. The molecular formula is C22H42O5. The molecular weight excluding hydrogens is 344 g/mol. The zero-order valence-corrected chi connectivity index (χ0v) is 17.2. The van der Waals surface area contributed by atoms with E-state index in [1.165, 1.54) is 57.8 Å². The first-order chi connectivity index (χ1) is 13.2. The van der Waals surface area contributed by atoms with Crippen molar-refractivity contribution in [3.05, 3.63) is 12.2 Å². The van der Waals surface area contributed by atoms with E-state index in [-0.39, 0.29) is 6.61 Å². The van der Waals surface area contributed by atoms with E-state index in [9.17, 15) is 10.2 Å². The molecule has 5 heteroatoms. The fourth-order valence-electron chi connectivity index (χ4n) is 3.49. The SMILES string of the molecule is CCCCCCCCCCC/C=C/CCCO[C@H]1[C@@H]([C@@H](O)CO)OC[C@H]1O. The van der Waals surface area contributed by atoms with Crippen LogP contribution in [0.5, 0.6) is 0 Å². The van der Waals surface area contributed by atoms with Crippen molar-refractivity contribution >= 4 is 0 Å².